The van der Waals surface area contributed by atoms with Crippen molar-refractivity contribution in [1.29, 1.82) is 0 Å². The molecule has 7 heteroatoms. The standard InChI is InChI=1S/C23H28N4O2S/c1-15-5-10-24-13-18(15)21(28)26-11-6-17(7-12-26)27-20(19-16(2)25-14-30-19)23(22(27)29)8-3-4-9-23/h5,10,13-14,17,20H,3-4,6-9,11-12H2,1-2H3. The SMILES string of the molecule is Cc1ccncc1C(=O)N1CCC(N2C(=O)C3(CCCC3)C2c2scnc2C)CC1. The Labute approximate surface area is 181 Å². The second-order valence-corrected chi connectivity index (χ2v) is 9.88. The Morgan fingerprint density at radius 3 is 2.57 bits per heavy atom. The summed E-state index contributed by atoms with van der Waals surface area (Å²) in [6.07, 6.45) is 9.34. The van der Waals surface area contributed by atoms with Crippen molar-refractivity contribution in [3.8, 4) is 0 Å². The number of likely N-dealkylation sites (tertiary alicyclic amines) is 2. The molecule has 0 bridgehead atoms. The number of pyridine rings is 1. The van der Waals surface area contributed by atoms with Crippen molar-refractivity contribution in [3.63, 3.8) is 0 Å². The van der Waals surface area contributed by atoms with E-state index in [1.54, 1.807) is 23.7 Å². The monoisotopic (exact) mass is 424 g/mol. The smallest absolute Gasteiger partial charge is 0.255 e. The molecule has 1 spiro atoms. The largest absolute Gasteiger partial charge is 0.338 e. The molecular weight excluding hydrogens is 396 g/mol. The third kappa shape index (κ3) is 2.89. The number of aryl methyl sites for hydroxylation is 2. The third-order valence-electron chi connectivity index (χ3n) is 7.40. The number of carbonyl (C=O) groups excluding carboxylic acids is 2. The Hall–Kier alpha value is -2.28. The minimum Gasteiger partial charge on any atom is -0.338 e. The summed E-state index contributed by atoms with van der Waals surface area (Å²) >= 11 is 1.69. The maximum absolute atomic E-state index is 13.4. The van der Waals surface area contributed by atoms with Crippen LogP contribution in [0.3, 0.4) is 0 Å². The Bertz CT molecular complexity index is 973. The van der Waals surface area contributed by atoms with Gasteiger partial charge in [-0.25, -0.2) is 4.98 Å². The molecule has 0 radical (unpaired) electrons. The average molecular weight is 425 g/mol. The molecule has 5 rings (SSSR count). The van der Waals surface area contributed by atoms with Crippen LogP contribution in [0.5, 0.6) is 0 Å². The quantitative estimate of drug-likeness (QED) is 0.701. The van der Waals surface area contributed by atoms with Crippen LogP contribution < -0.4 is 0 Å². The van der Waals surface area contributed by atoms with Crippen LogP contribution in [0.2, 0.25) is 0 Å². The molecule has 158 valence electrons. The van der Waals surface area contributed by atoms with Crippen molar-refractivity contribution in [2.24, 2.45) is 5.41 Å². The predicted octanol–water partition coefficient (Wildman–Crippen LogP) is 3.90. The number of amides is 2. The van der Waals surface area contributed by atoms with E-state index in [-0.39, 0.29) is 23.4 Å². The van der Waals surface area contributed by atoms with Gasteiger partial charge >= 0.3 is 0 Å². The number of rotatable bonds is 3. The maximum Gasteiger partial charge on any atom is 0.255 e. The van der Waals surface area contributed by atoms with Gasteiger partial charge in [0.2, 0.25) is 5.91 Å². The Balaban J connectivity index is 1.33. The first-order valence-electron chi connectivity index (χ1n) is 11.0. The molecule has 30 heavy (non-hydrogen) atoms. The molecule has 0 aromatic carbocycles. The molecule has 2 saturated heterocycles. The minimum atomic E-state index is -0.197. The Kier molecular flexibility index (Phi) is 4.88. The first kappa shape index (κ1) is 19.7. The zero-order chi connectivity index (χ0) is 20.9. The molecule has 3 aliphatic rings. The summed E-state index contributed by atoms with van der Waals surface area (Å²) in [5, 5.41) is 0. The number of hydrogen-bond acceptors (Lipinski definition) is 5. The first-order chi connectivity index (χ1) is 14.5. The van der Waals surface area contributed by atoms with E-state index < -0.39 is 0 Å². The number of β-lactam (4-membered cyclic amide) rings is 1. The zero-order valence-electron chi connectivity index (χ0n) is 17.6. The van der Waals surface area contributed by atoms with Crippen LogP contribution in [-0.2, 0) is 4.79 Å². The van der Waals surface area contributed by atoms with Gasteiger partial charge in [-0.15, -0.1) is 11.3 Å². The van der Waals surface area contributed by atoms with Gasteiger partial charge in [0.1, 0.15) is 0 Å². The Morgan fingerprint density at radius 2 is 1.93 bits per heavy atom. The third-order valence-corrected chi connectivity index (χ3v) is 8.39. The Morgan fingerprint density at radius 1 is 1.20 bits per heavy atom. The highest BCUT2D eigenvalue weighted by Gasteiger charge is 2.64. The molecule has 2 aromatic rings. The maximum atomic E-state index is 13.4. The zero-order valence-corrected chi connectivity index (χ0v) is 18.5. The molecule has 2 aliphatic heterocycles. The van der Waals surface area contributed by atoms with Crippen molar-refractivity contribution >= 4 is 23.2 Å². The van der Waals surface area contributed by atoms with Gasteiger partial charge in [-0.05, 0) is 51.2 Å². The number of piperidine rings is 1. The van der Waals surface area contributed by atoms with Crippen LogP contribution in [0.1, 0.15) is 71.1 Å². The second-order valence-electron chi connectivity index (χ2n) is 8.99. The number of aromatic nitrogens is 2. The van der Waals surface area contributed by atoms with Gasteiger partial charge in [0.25, 0.3) is 5.91 Å². The highest BCUT2D eigenvalue weighted by molar-refractivity contribution is 7.09. The topological polar surface area (TPSA) is 66.4 Å². The van der Waals surface area contributed by atoms with Crippen molar-refractivity contribution in [2.45, 2.75) is 64.5 Å². The fraction of sp³-hybridized carbons (Fsp3) is 0.565. The van der Waals surface area contributed by atoms with Crippen molar-refractivity contribution < 1.29 is 9.59 Å². The molecule has 3 fully saturated rings. The van der Waals surface area contributed by atoms with E-state index >= 15 is 0 Å². The summed E-state index contributed by atoms with van der Waals surface area (Å²) in [7, 11) is 0. The predicted molar refractivity (Wildman–Crippen MR) is 115 cm³/mol. The van der Waals surface area contributed by atoms with Gasteiger partial charge in [-0.3, -0.25) is 14.6 Å². The summed E-state index contributed by atoms with van der Waals surface area (Å²) < 4.78 is 0. The number of thiazole rings is 1. The molecule has 1 saturated carbocycles. The molecule has 1 aliphatic carbocycles. The second kappa shape index (κ2) is 7.45. The molecule has 6 nitrogen and oxygen atoms in total. The van der Waals surface area contributed by atoms with Crippen LogP contribution in [0.4, 0.5) is 0 Å². The van der Waals surface area contributed by atoms with Crippen LogP contribution in [-0.4, -0.2) is 50.7 Å². The van der Waals surface area contributed by atoms with E-state index in [1.165, 1.54) is 4.88 Å². The molecular formula is C23H28N4O2S. The molecule has 1 atom stereocenters. The van der Waals surface area contributed by atoms with Crippen molar-refractivity contribution in [1.82, 2.24) is 19.8 Å². The van der Waals surface area contributed by atoms with Crippen LogP contribution >= 0.6 is 11.3 Å². The lowest BCUT2D eigenvalue weighted by atomic mass is 9.67. The van der Waals surface area contributed by atoms with E-state index in [9.17, 15) is 9.59 Å². The lowest BCUT2D eigenvalue weighted by molar-refractivity contribution is -0.180. The molecule has 1 unspecified atom stereocenters. The summed E-state index contributed by atoms with van der Waals surface area (Å²) in [6.45, 7) is 5.38. The van der Waals surface area contributed by atoms with E-state index in [1.807, 2.05) is 23.4 Å². The van der Waals surface area contributed by atoms with Crippen molar-refractivity contribution in [3.05, 3.63) is 45.7 Å². The van der Waals surface area contributed by atoms with Gasteiger partial charge in [-0.2, -0.15) is 0 Å². The van der Waals surface area contributed by atoms with Gasteiger partial charge < -0.3 is 9.80 Å². The minimum absolute atomic E-state index is 0.0519. The highest BCUT2D eigenvalue weighted by Crippen LogP contribution is 2.61. The van der Waals surface area contributed by atoms with Gasteiger partial charge in [0.05, 0.1) is 33.1 Å². The number of carbonyl (C=O) groups is 2. The van der Waals surface area contributed by atoms with Gasteiger partial charge in [0.15, 0.2) is 0 Å². The molecule has 2 amide bonds. The van der Waals surface area contributed by atoms with Crippen molar-refractivity contribution in [2.75, 3.05) is 13.1 Å². The van der Waals surface area contributed by atoms with Gasteiger partial charge in [-0.1, -0.05) is 12.8 Å². The number of nitrogens with zero attached hydrogens (tertiary/aromatic N) is 4. The van der Waals surface area contributed by atoms with Crippen LogP contribution in [0, 0.1) is 19.3 Å². The summed E-state index contributed by atoms with van der Waals surface area (Å²) in [6, 6.07) is 2.25. The van der Waals surface area contributed by atoms with Crippen LogP contribution in [0.15, 0.2) is 24.0 Å². The van der Waals surface area contributed by atoms with E-state index in [0.717, 1.165) is 49.8 Å². The highest BCUT2D eigenvalue weighted by atomic mass is 32.1. The summed E-state index contributed by atoms with van der Waals surface area (Å²) in [5.41, 5.74) is 4.41. The normalized spacial score (nSPS) is 23.8. The lowest BCUT2D eigenvalue weighted by Gasteiger charge is -2.58. The molecule has 2 aromatic heterocycles. The first-order valence-corrected chi connectivity index (χ1v) is 11.8. The van der Waals surface area contributed by atoms with Gasteiger partial charge in [0, 0.05) is 31.5 Å². The van der Waals surface area contributed by atoms with E-state index in [4.69, 9.17) is 0 Å². The fourth-order valence-electron chi connectivity index (χ4n) is 5.72. The lowest BCUT2D eigenvalue weighted by Crippen LogP contribution is -2.66. The number of hydrogen-bond donors (Lipinski definition) is 0. The molecule has 4 heterocycles. The van der Waals surface area contributed by atoms with Crippen LogP contribution in [0.25, 0.3) is 0 Å². The summed E-state index contributed by atoms with van der Waals surface area (Å²) in [4.78, 5) is 40.3. The fourth-order valence-corrected chi connectivity index (χ4v) is 6.73. The van der Waals surface area contributed by atoms with E-state index in [0.29, 0.717) is 24.6 Å². The average Bonchev–Trinajstić information content (AvgIpc) is 3.42. The van der Waals surface area contributed by atoms with E-state index in [2.05, 4.69) is 21.8 Å². The molecule has 0 N–H and O–H groups in total. The summed E-state index contributed by atoms with van der Waals surface area (Å²) in [5.74, 6) is 0.391.